The normalized spacial score (nSPS) is 14.8. The van der Waals surface area contributed by atoms with Crippen LogP contribution in [0.5, 0.6) is 0 Å². The molecule has 5 heteroatoms. The van der Waals surface area contributed by atoms with Crippen molar-refractivity contribution in [3.05, 3.63) is 33.9 Å². The maximum absolute atomic E-state index is 10.6. The maximum Gasteiger partial charge on any atom is 0.269 e. The SMILES string of the molecule is Cc1cc([N+](=O)[O-])ccc1NCCN(C)C1CC1. The predicted molar refractivity (Wildman–Crippen MR) is 72.0 cm³/mol. The molecule has 0 aliphatic heterocycles. The number of hydrogen-bond acceptors (Lipinski definition) is 4. The zero-order valence-electron chi connectivity index (χ0n) is 10.8. The van der Waals surface area contributed by atoms with Crippen LogP contribution < -0.4 is 5.32 Å². The van der Waals surface area contributed by atoms with Crippen LogP contribution in [0.1, 0.15) is 18.4 Å². The molecule has 0 unspecified atom stereocenters. The Morgan fingerprint density at radius 2 is 2.22 bits per heavy atom. The first-order chi connectivity index (χ1) is 8.58. The van der Waals surface area contributed by atoms with Crippen LogP contribution in [0.2, 0.25) is 0 Å². The summed E-state index contributed by atoms with van der Waals surface area (Å²) in [6.45, 7) is 3.76. The van der Waals surface area contributed by atoms with E-state index >= 15 is 0 Å². The third-order valence-corrected chi connectivity index (χ3v) is 3.37. The van der Waals surface area contributed by atoms with E-state index in [-0.39, 0.29) is 10.6 Å². The van der Waals surface area contributed by atoms with E-state index in [1.54, 1.807) is 18.2 Å². The summed E-state index contributed by atoms with van der Waals surface area (Å²) < 4.78 is 0. The fraction of sp³-hybridized carbons (Fsp3) is 0.538. The molecule has 0 atom stereocenters. The van der Waals surface area contributed by atoms with E-state index in [1.165, 1.54) is 12.8 Å². The first-order valence-corrected chi connectivity index (χ1v) is 6.27. The van der Waals surface area contributed by atoms with Gasteiger partial charge in [0.25, 0.3) is 5.69 Å². The van der Waals surface area contributed by atoms with Gasteiger partial charge in [0.2, 0.25) is 0 Å². The number of aryl methyl sites for hydroxylation is 1. The number of anilines is 1. The number of hydrogen-bond donors (Lipinski definition) is 1. The van der Waals surface area contributed by atoms with Crippen molar-refractivity contribution in [1.29, 1.82) is 0 Å². The van der Waals surface area contributed by atoms with E-state index in [0.29, 0.717) is 0 Å². The molecular formula is C13H19N3O2. The van der Waals surface area contributed by atoms with Crippen LogP contribution in [0.25, 0.3) is 0 Å². The van der Waals surface area contributed by atoms with Crippen LogP contribution in [0.4, 0.5) is 11.4 Å². The van der Waals surface area contributed by atoms with Crippen LogP contribution in [-0.4, -0.2) is 36.0 Å². The van der Waals surface area contributed by atoms with E-state index in [1.807, 2.05) is 6.92 Å². The van der Waals surface area contributed by atoms with Gasteiger partial charge in [-0.2, -0.15) is 0 Å². The van der Waals surface area contributed by atoms with Gasteiger partial charge in [-0.1, -0.05) is 0 Å². The molecule has 1 aliphatic carbocycles. The first-order valence-electron chi connectivity index (χ1n) is 6.27. The minimum atomic E-state index is -0.363. The summed E-state index contributed by atoms with van der Waals surface area (Å²) >= 11 is 0. The second-order valence-corrected chi connectivity index (χ2v) is 4.89. The number of non-ortho nitro benzene ring substituents is 1. The highest BCUT2D eigenvalue weighted by atomic mass is 16.6. The van der Waals surface area contributed by atoms with Gasteiger partial charge < -0.3 is 10.2 Å². The first kappa shape index (κ1) is 12.8. The molecule has 0 radical (unpaired) electrons. The maximum atomic E-state index is 10.6. The van der Waals surface area contributed by atoms with Gasteiger partial charge >= 0.3 is 0 Å². The summed E-state index contributed by atoms with van der Waals surface area (Å²) in [6.07, 6.45) is 2.63. The molecule has 98 valence electrons. The summed E-state index contributed by atoms with van der Waals surface area (Å²) in [5.41, 5.74) is 2.04. The van der Waals surface area contributed by atoms with Crippen LogP contribution in [0.15, 0.2) is 18.2 Å². The Hall–Kier alpha value is -1.62. The van der Waals surface area contributed by atoms with Gasteiger partial charge in [-0.05, 0) is 38.4 Å². The topological polar surface area (TPSA) is 58.4 Å². The van der Waals surface area contributed by atoms with E-state index < -0.39 is 0 Å². The Morgan fingerprint density at radius 3 is 2.78 bits per heavy atom. The highest BCUT2D eigenvalue weighted by molar-refractivity contribution is 5.55. The van der Waals surface area contributed by atoms with Gasteiger partial charge in [0.05, 0.1) is 4.92 Å². The second kappa shape index (κ2) is 5.35. The molecule has 0 aromatic heterocycles. The molecule has 18 heavy (non-hydrogen) atoms. The summed E-state index contributed by atoms with van der Waals surface area (Å²) in [4.78, 5) is 12.6. The summed E-state index contributed by atoms with van der Waals surface area (Å²) in [5.74, 6) is 0. The molecule has 0 saturated heterocycles. The molecule has 1 aliphatic rings. The number of nitro groups is 1. The summed E-state index contributed by atoms with van der Waals surface area (Å²) in [7, 11) is 2.14. The van der Waals surface area contributed by atoms with E-state index in [4.69, 9.17) is 0 Å². The molecule has 1 fully saturated rings. The van der Waals surface area contributed by atoms with Crippen molar-refractivity contribution < 1.29 is 4.92 Å². The molecule has 1 aromatic carbocycles. The number of nitro benzene ring substituents is 1. The highest BCUT2D eigenvalue weighted by Gasteiger charge is 2.25. The second-order valence-electron chi connectivity index (χ2n) is 4.89. The lowest BCUT2D eigenvalue weighted by Crippen LogP contribution is -2.27. The number of nitrogens with one attached hydrogen (secondary N) is 1. The smallest absolute Gasteiger partial charge is 0.269 e. The minimum absolute atomic E-state index is 0.146. The molecule has 1 N–H and O–H groups in total. The average Bonchev–Trinajstić information content (AvgIpc) is 3.14. The van der Waals surface area contributed by atoms with Crippen molar-refractivity contribution in [2.75, 3.05) is 25.5 Å². The van der Waals surface area contributed by atoms with Gasteiger partial charge in [-0.15, -0.1) is 0 Å². The Labute approximate surface area is 107 Å². The predicted octanol–water partition coefficient (Wildman–Crippen LogP) is 2.41. The minimum Gasteiger partial charge on any atom is -0.384 e. The molecule has 1 saturated carbocycles. The standard InChI is InChI=1S/C13H19N3O2/c1-10-9-12(16(17)18)5-6-13(10)14-7-8-15(2)11-3-4-11/h5-6,9,11,14H,3-4,7-8H2,1-2H3. The van der Waals surface area contributed by atoms with Gasteiger partial charge in [0.1, 0.15) is 0 Å². The molecule has 0 spiro atoms. The van der Waals surface area contributed by atoms with E-state index in [0.717, 1.165) is 30.4 Å². The molecule has 0 heterocycles. The van der Waals surface area contributed by atoms with Crippen LogP contribution in [0.3, 0.4) is 0 Å². The summed E-state index contributed by atoms with van der Waals surface area (Å²) in [6, 6.07) is 5.70. The number of likely N-dealkylation sites (N-methyl/N-ethyl adjacent to an activating group) is 1. The average molecular weight is 249 g/mol. The lowest BCUT2D eigenvalue weighted by molar-refractivity contribution is -0.384. The fourth-order valence-electron chi connectivity index (χ4n) is 2.02. The number of nitrogens with zero attached hydrogens (tertiary/aromatic N) is 2. The molecule has 0 amide bonds. The molecule has 0 bridgehead atoms. The number of benzene rings is 1. The van der Waals surface area contributed by atoms with E-state index in [9.17, 15) is 10.1 Å². The Balaban J connectivity index is 1.86. The zero-order valence-corrected chi connectivity index (χ0v) is 10.8. The molecule has 5 nitrogen and oxygen atoms in total. The largest absolute Gasteiger partial charge is 0.384 e. The van der Waals surface area contributed by atoms with Crippen molar-refractivity contribution in [3.63, 3.8) is 0 Å². The van der Waals surface area contributed by atoms with Crippen molar-refractivity contribution in [2.24, 2.45) is 0 Å². The van der Waals surface area contributed by atoms with Crippen LogP contribution in [-0.2, 0) is 0 Å². The molecule has 2 rings (SSSR count). The number of rotatable bonds is 6. The van der Waals surface area contributed by atoms with Crippen molar-refractivity contribution in [2.45, 2.75) is 25.8 Å². The quantitative estimate of drug-likeness (QED) is 0.621. The van der Waals surface area contributed by atoms with Crippen molar-refractivity contribution in [3.8, 4) is 0 Å². The molecule has 1 aromatic rings. The Morgan fingerprint density at radius 1 is 1.50 bits per heavy atom. The van der Waals surface area contributed by atoms with Crippen LogP contribution in [0, 0.1) is 17.0 Å². The Bertz CT molecular complexity index is 444. The third-order valence-electron chi connectivity index (χ3n) is 3.37. The fourth-order valence-corrected chi connectivity index (χ4v) is 2.02. The lowest BCUT2D eigenvalue weighted by atomic mass is 10.2. The van der Waals surface area contributed by atoms with Crippen molar-refractivity contribution in [1.82, 2.24) is 4.90 Å². The zero-order chi connectivity index (χ0) is 13.1. The van der Waals surface area contributed by atoms with Crippen molar-refractivity contribution >= 4 is 11.4 Å². The van der Waals surface area contributed by atoms with Gasteiger partial charge in [0.15, 0.2) is 0 Å². The van der Waals surface area contributed by atoms with Gasteiger partial charge in [0, 0.05) is 37.0 Å². The Kier molecular flexibility index (Phi) is 3.81. The molecular weight excluding hydrogens is 230 g/mol. The van der Waals surface area contributed by atoms with E-state index in [2.05, 4.69) is 17.3 Å². The van der Waals surface area contributed by atoms with Gasteiger partial charge in [-0.3, -0.25) is 10.1 Å². The summed E-state index contributed by atoms with van der Waals surface area (Å²) in [5, 5.41) is 14.0. The monoisotopic (exact) mass is 249 g/mol. The van der Waals surface area contributed by atoms with Gasteiger partial charge in [-0.25, -0.2) is 0 Å². The highest BCUT2D eigenvalue weighted by Crippen LogP contribution is 2.25. The lowest BCUT2D eigenvalue weighted by Gasteiger charge is -2.17. The third kappa shape index (κ3) is 3.20. The van der Waals surface area contributed by atoms with Crippen LogP contribution >= 0.6 is 0 Å².